The number of hydrogen-bond donors (Lipinski definition) is 2. The highest BCUT2D eigenvalue weighted by Gasteiger charge is 2.49. The van der Waals surface area contributed by atoms with Crippen LogP contribution in [0, 0.1) is 0 Å². The highest BCUT2D eigenvalue weighted by molar-refractivity contribution is 8.25. The third kappa shape index (κ3) is 2.54. The summed E-state index contributed by atoms with van der Waals surface area (Å²) in [5.74, 6) is -0.783. The number of fused-ring (bicyclic) bond motifs is 1. The molecule has 120 valence electrons. The van der Waals surface area contributed by atoms with Crippen LogP contribution in [0.25, 0.3) is 0 Å². The summed E-state index contributed by atoms with van der Waals surface area (Å²) < 4.78 is 87.6. The summed E-state index contributed by atoms with van der Waals surface area (Å²) in [4.78, 5) is -1.40. The van der Waals surface area contributed by atoms with Crippen molar-refractivity contribution in [1.82, 2.24) is 0 Å². The molecule has 0 amide bonds. The largest absolute Gasteiger partial charge is 0.534 e. The molecule has 1 aliphatic rings. The van der Waals surface area contributed by atoms with Gasteiger partial charge in [-0.15, -0.1) is 10.6 Å². The number of alkyl halides is 3. The predicted octanol–water partition coefficient (Wildman–Crippen LogP) is 3.15. The summed E-state index contributed by atoms with van der Waals surface area (Å²) in [6.45, 7) is 2.77. The van der Waals surface area contributed by atoms with E-state index in [1.54, 1.807) is 0 Å². The molecule has 0 radical (unpaired) electrons. The van der Waals surface area contributed by atoms with Crippen molar-refractivity contribution in [2.75, 3.05) is 0 Å². The van der Waals surface area contributed by atoms with Gasteiger partial charge in [0.1, 0.15) is 16.4 Å². The predicted molar refractivity (Wildman–Crippen MR) is 67.9 cm³/mol. The Hall–Kier alpha value is -1.17. The van der Waals surface area contributed by atoms with E-state index in [0.717, 1.165) is 18.2 Å². The molecule has 0 saturated heterocycles. The molecular weight excluding hydrogens is 337 g/mol. The standard InChI is InChI=1S/C10H11F3O6S2/c1-9(2)18-7-5-6(3-4-8(7)20(9,14)15)19-21(16,17)10(11,12)13/h3-5,14-15H,1-2H3. The zero-order valence-electron chi connectivity index (χ0n) is 10.7. The number of rotatable bonds is 2. The van der Waals surface area contributed by atoms with Crippen molar-refractivity contribution in [3.8, 4) is 11.5 Å². The van der Waals surface area contributed by atoms with Gasteiger partial charge < -0.3 is 8.92 Å². The first kappa shape index (κ1) is 16.2. The topological polar surface area (TPSA) is 93.1 Å². The van der Waals surface area contributed by atoms with E-state index in [2.05, 4.69) is 4.18 Å². The molecule has 6 nitrogen and oxygen atoms in total. The second-order valence-corrected chi connectivity index (χ2v) is 8.70. The Bertz CT molecular complexity index is 681. The molecule has 21 heavy (non-hydrogen) atoms. The second kappa shape index (κ2) is 4.41. The highest BCUT2D eigenvalue weighted by Crippen LogP contribution is 2.67. The first-order valence-electron chi connectivity index (χ1n) is 5.39. The lowest BCUT2D eigenvalue weighted by atomic mass is 10.3. The van der Waals surface area contributed by atoms with E-state index in [9.17, 15) is 30.7 Å². The zero-order chi connectivity index (χ0) is 16.3. The van der Waals surface area contributed by atoms with Crippen LogP contribution < -0.4 is 8.92 Å². The maximum Gasteiger partial charge on any atom is 0.534 e. The van der Waals surface area contributed by atoms with E-state index < -0.39 is 36.9 Å². The lowest BCUT2D eigenvalue weighted by molar-refractivity contribution is -0.0500. The smallest absolute Gasteiger partial charge is 0.466 e. The van der Waals surface area contributed by atoms with Crippen LogP contribution in [0.15, 0.2) is 23.1 Å². The molecule has 0 saturated carbocycles. The van der Waals surface area contributed by atoms with Crippen molar-refractivity contribution >= 4 is 20.7 Å². The van der Waals surface area contributed by atoms with Crippen molar-refractivity contribution < 1.29 is 39.6 Å². The first-order chi connectivity index (χ1) is 9.28. The average molecular weight is 348 g/mol. The molecule has 0 atom stereocenters. The molecule has 1 heterocycles. The molecule has 1 aromatic carbocycles. The van der Waals surface area contributed by atoms with E-state index in [4.69, 9.17) is 4.74 Å². The monoisotopic (exact) mass is 348 g/mol. The Labute approximate surface area is 120 Å². The molecule has 0 bridgehead atoms. The number of hydrogen-bond acceptors (Lipinski definition) is 6. The van der Waals surface area contributed by atoms with Crippen LogP contribution in [0.5, 0.6) is 11.5 Å². The summed E-state index contributed by atoms with van der Waals surface area (Å²) in [6.07, 6.45) is 0. The molecule has 0 unspecified atom stereocenters. The van der Waals surface area contributed by atoms with Crippen LogP contribution >= 0.6 is 10.6 Å². The third-order valence-corrected chi connectivity index (χ3v) is 6.14. The van der Waals surface area contributed by atoms with Gasteiger partial charge in [0.15, 0.2) is 4.93 Å². The van der Waals surface area contributed by atoms with Crippen molar-refractivity contribution in [1.29, 1.82) is 0 Å². The van der Waals surface area contributed by atoms with Crippen LogP contribution in [0.1, 0.15) is 13.8 Å². The third-order valence-electron chi connectivity index (χ3n) is 2.75. The molecule has 11 heteroatoms. The Morgan fingerprint density at radius 3 is 2.38 bits per heavy atom. The van der Waals surface area contributed by atoms with Crippen molar-refractivity contribution in [3.63, 3.8) is 0 Å². The first-order valence-corrected chi connectivity index (χ1v) is 8.35. The minimum absolute atomic E-state index is 0.0238. The summed E-state index contributed by atoms with van der Waals surface area (Å²) in [6, 6.07) is 2.81. The fourth-order valence-corrected chi connectivity index (χ4v) is 3.44. The summed E-state index contributed by atoms with van der Waals surface area (Å²) in [5, 5.41) is 0. The molecule has 0 fully saturated rings. The highest BCUT2D eigenvalue weighted by atomic mass is 32.3. The van der Waals surface area contributed by atoms with Crippen LogP contribution in [-0.4, -0.2) is 28.0 Å². The minimum atomic E-state index is -5.80. The Morgan fingerprint density at radius 1 is 1.29 bits per heavy atom. The second-order valence-electron chi connectivity index (χ2n) is 4.64. The zero-order valence-corrected chi connectivity index (χ0v) is 12.3. The fourth-order valence-electron chi connectivity index (χ4n) is 1.62. The van der Waals surface area contributed by atoms with Gasteiger partial charge in [-0.1, -0.05) is 0 Å². The van der Waals surface area contributed by atoms with Crippen LogP contribution in [0.2, 0.25) is 0 Å². The van der Waals surface area contributed by atoms with Crippen molar-refractivity contribution in [2.24, 2.45) is 0 Å². The summed E-state index contributed by atoms with van der Waals surface area (Å²) >= 11 is 0. The lowest BCUT2D eigenvalue weighted by Crippen LogP contribution is -2.29. The van der Waals surface area contributed by atoms with E-state index in [0.29, 0.717) is 0 Å². The number of ether oxygens (including phenoxy) is 1. The van der Waals surface area contributed by atoms with Gasteiger partial charge in [0.2, 0.25) is 0 Å². The van der Waals surface area contributed by atoms with Crippen molar-refractivity contribution in [2.45, 2.75) is 29.2 Å². The SMILES string of the molecule is CC1(C)Oc2cc(OS(=O)(=O)C(F)(F)F)ccc2S1(O)O. The normalized spacial score (nSPS) is 21.3. The van der Waals surface area contributed by atoms with Gasteiger partial charge in [0.25, 0.3) is 0 Å². The van der Waals surface area contributed by atoms with E-state index in [1.807, 2.05) is 0 Å². The van der Waals surface area contributed by atoms with Gasteiger partial charge in [-0.3, -0.25) is 9.11 Å². The van der Waals surface area contributed by atoms with Gasteiger partial charge in [-0.25, -0.2) is 0 Å². The molecule has 0 aromatic heterocycles. The molecule has 2 rings (SSSR count). The molecular formula is C10H11F3O6S2. The van der Waals surface area contributed by atoms with Gasteiger partial charge in [0, 0.05) is 6.07 Å². The van der Waals surface area contributed by atoms with Gasteiger partial charge in [0.05, 0.1) is 0 Å². The van der Waals surface area contributed by atoms with Gasteiger partial charge in [-0.2, -0.15) is 21.6 Å². The van der Waals surface area contributed by atoms with E-state index in [-0.39, 0.29) is 10.6 Å². The van der Waals surface area contributed by atoms with E-state index >= 15 is 0 Å². The quantitative estimate of drug-likeness (QED) is 0.630. The Kier molecular flexibility index (Phi) is 3.41. The van der Waals surface area contributed by atoms with Crippen LogP contribution in [-0.2, 0) is 10.1 Å². The Balaban J connectivity index is 2.39. The molecule has 0 spiro atoms. The maximum atomic E-state index is 12.2. The maximum absolute atomic E-state index is 12.2. The minimum Gasteiger partial charge on any atom is -0.466 e. The lowest BCUT2D eigenvalue weighted by Gasteiger charge is -2.38. The van der Waals surface area contributed by atoms with E-state index in [1.165, 1.54) is 13.8 Å². The van der Waals surface area contributed by atoms with Crippen LogP contribution in [0.3, 0.4) is 0 Å². The van der Waals surface area contributed by atoms with Gasteiger partial charge in [-0.05, 0) is 26.0 Å². The Morgan fingerprint density at radius 2 is 1.86 bits per heavy atom. The average Bonchev–Trinajstić information content (AvgIpc) is 2.42. The number of benzene rings is 1. The molecule has 0 aliphatic carbocycles. The number of halogens is 3. The van der Waals surface area contributed by atoms with Gasteiger partial charge >= 0.3 is 15.6 Å². The van der Waals surface area contributed by atoms with Crippen LogP contribution in [0.4, 0.5) is 13.2 Å². The summed E-state index contributed by atoms with van der Waals surface area (Å²) in [5.41, 5.74) is -5.56. The molecule has 1 aliphatic heterocycles. The molecule has 1 aromatic rings. The fraction of sp³-hybridized carbons (Fsp3) is 0.400. The van der Waals surface area contributed by atoms with Crippen molar-refractivity contribution in [3.05, 3.63) is 18.2 Å². The molecule has 2 N–H and O–H groups in total. The summed E-state index contributed by atoms with van der Waals surface area (Å²) in [7, 11) is -9.12.